The Morgan fingerprint density at radius 3 is 2.37 bits per heavy atom. The Morgan fingerprint density at radius 2 is 1.79 bits per heavy atom. The van der Waals surface area contributed by atoms with Gasteiger partial charge in [0.2, 0.25) is 0 Å². The van der Waals surface area contributed by atoms with Crippen molar-refractivity contribution in [2.45, 2.75) is 13.0 Å². The van der Waals surface area contributed by atoms with Crippen LogP contribution in [0.1, 0.15) is 22.7 Å². The highest BCUT2D eigenvalue weighted by Crippen LogP contribution is 2.28. The molecule has 0 spiro atoms. The van der Waals surface area contributed by atoms with Gasteiger partial charge in [-0.2, -0.15) is 0 Å². The van der Waals surface area contributed by atoms with Crippen LogP contribution in [0.3, 0.4) is 0 Å². The first kappa shape index (κ1) is 14.7. The van der Waals surface area contributed by atoms with E-state index < -0.39 is 0 Å². The lowest BCUT2D eigenvalue weighted by molar-refractivity contribution is 0.616. The van der Waals surface area contributed by atoms with Gasteiger partial charge in [-0.25, -0.2) is 4.39 Å². The van der Waals surface area contributed by atoms with Crippen LogP contribution in [-0.2, 0) is 0 Å². The molecule has 0 aromatic heterocycles. The second-order valence-electron chi connectivity index (χ2n) is 4.46. The number of hydrogen-bond acceptors (Lipinski definition) is 1. The van der Waals surface area contributed by atoms with Crippen LogP contribution in [-0.4, -0.2) is 7.05 Å². The Balaban J connectivity index is 2.46. The molecule has 1 unspecified atom stereocenters. The van der Waals surface area contributed by atoms with E-state index in [1.165, 1.54) is 11.6 Å². The summed E-state index contributed by atoms with van der Waals surface area (Å²) < 4.78 is 14.9. The molecule has 19 heavy (non-hydrogen) atoms. The van der Waals surface area contributed by atoms with E-state index in [1.807, 2.05) is 13.1 Å². The van der Waals surface area contributed by atoms with Crippen molar-refractivity contribution >= 4 is 31.9 Å². The molecule has 0 heterocycles. The third-order valence-electron chi connectivity index (χ3n) is 2.96. The molecule has 0 bridgehead atoms. The average molecular weight is 387 g/mol. The van der Waals surface area contributed by atoms with Crippen molar-refractivity contribution in [2.75, 3.05) is 7.05 Å². The van der Waals surface area contributed by atoms with Gasteiger partial charge >= 0.3 is 0 Å². The third-order valence-corrected chi connectivity index (χ3v) is 4.03. The fraction of sp³-hybridized carbons (Fsp3) is 0.200. The maximum atomic E-state index is 13.3. The highest BCUT2D eigenvalue weighted by molar-refractivity contribution is 9.10. The van der Waals surface area contributed by atoms with E-state index in [2.05, 4.69) is 62.3 Å². The van der Waals surface area contributed by atoms with Gasteiger partial charge in [0.15, 0.2) is 0 Å². The van der Waals surface area contributed by atoms with Gasteiger partial charge in [0, 0.05) is 4.47 Å². The molecule has 2 aromatic rings. The number of benzene rings is 2. The van der Waals surface area contributed by atoms with Crippen molar-refractivity contribution in [3.63, 3.8) is 0 Å². The van der Waals surface area contributed by atoms with E-state index in [-0.39, 0.29) is 11.9 Å². The van der Waals surface area contributed by atoms with Crippen LogP contribution < -0.4 is 5.32 Å². The maximum absolute atomic E-state index is 13.3. The lowest BCUT2D eigenvalue weighted by Gasteiger charge is -2.18. The maximum Gasteiger partial charge on any atom is 0.137 e. The molecule has 1 atom stereocenters. The summed E-state index contributed by atoms with van der Waals surface area (Å²) >= 11 is 6.75. The lowest BCUT2D eigenvalue weighted by atomic mass is 9.97. The van der Waals surface area contributed by atoms with Crippen molar-refractivity contribution in [1.82, 2.24) is 5.32 Å². The average Bonchev–Trinajstić information content (AvgIpc) is 2.33. The fourth-order valence-electron chi connectivity index (χ4n) is 2.15. The molecular weight excluding hydrogens is 373 g/mol. The Morgan fingerprint density at radius 1 is 1.05 bits per heavy atom. The monoisotopic (exact) mass is 385 g/mol. The van der Waals surface area contributed by atoms with Crippen LogP contribution in [0.2, 0.25) is 0 Å². The van der Waals surface area contributed by atoms with Crippen molar-refractivity contribution in [2.24, 2.45) is 0 Å². The van der Waals surface area contributed by atoms with E-state index in [4.69, 9.17) is 0 Å². The van der Waals surface area contributed by atoms with Crippen LogP contribution in [0.25, 0.3) is 0 Å². The molecule has 0 radical (unpaired) electrons. The minimum Gasteiger partial charge on any atom is -0.309 e. The normalized spacial score (nSPS) is 12.5. The molecule has 0 aliphatic rings. The first-order chi connectivity index (χ1) is 9.01. The number of nitrogens with one attached hydrogen (secondary N) is 1. The Hall–Kier alpha value is -0.710. The molecular formula is C15H14Br2FN. The minimum absolute atomic E-state index is 0.0353. The van der Waals surface area contributed by atoms with Gasteiger partial charge in [0.05, 0.1) is 10.5 Å². The summed E-state index contributed by atoms with van der Waals surface area (Å²) in [6.45, 7) is 2.06. The van der Waals surface area contributed by atoms with E-state index in [0.717, 1.165) is 15.6 Å². The molecule has 0 saturated carbocycles. The molecule has 0 aliphatic heterocycles. The van der Waals surface area contributed by atoms with Crippen LogP contribution in [0.15, 0.2) is 45.3 Å². The predicted octanol–water partition coefficient (Wildman–Crippen LogP) is 4.97. The molecule has 4 heteroatoms. The zero-order valence-electron chi connectivity index (χ0n) is 10.7. The largest absolute Gasteiger partial charge is 0.309 e. The molecule has 0 amide bonds. The van der Waals surface area contributed by atoms with Gasteiger partial charge in [0.1, 0.15) is 5.82 Å². The topological polar surface area (TPSA) is 12.0 Å². The zero-order valence-corrected chi connectivity index (χ0v) is 13.8. The summed E-state index contributed by atoms with van der Waals surface area (Å²) in [4.78, 5) is 0. The number of halogens is 3. The summed E-state index contributed by atoms with van der Waals surface area (Å²) in [5, 5.41) is 3.27. The second-order valence-corrected chi connectivity index (χ2v) is 6.23. The van der Waals surface area contributed by atoms with Gasteiger partial charge < -0.3 is 5.32 Å². The predicted molar refractivity (Wildman–Crippen MR) is 83.9 cm³/mol. The minimum atomic E-state index is -0.246. The molecule has 100 valence electrons. The Bertz CT molecular complexity index is 578. The zero-order chi connectivity index (χ0) is 14.0. The molecule has 2 aromatic carbocycles. The summed E-state index contributed by atoms with van der Waals surface area (Å²) in [6.07, 6.45) is 0. The number of rotatable bonds is 3. The van der Waals surface area contributed by atoms with E-state index >= 15 is 0 Å². The van der Waals surface area contributed by atoms with Gasteiger partial charge in [0.25, 0.3) is 0 Å². The van der Waals surface area contributed by atoms with Gasteiger partial charge in [-0.3, -0.25) is 0 Å². The lowest BCUT2D eigenvalue weighted by Crippen LogP contribution is -2.18. The van der Waals surface area contributed by atoms with Gasteiger partial charge in [-0.05, 0) is 70.9 Å². The standard InChI is InChI=1S/C15H14Br2FN/c1-9-5-11(7-12(16)6-9)15(19-2)10-3-4-14(18)13(17)8-10/h3-8,15,19H,1-2H3. The molecule has 0 saturated heterocycles. The SMILES string of the molecule is CNC(c1cc(C)cc(Br)c1)c1ccc(F)c(Br)c1. The first-order valence-electron chi connectivity index (χ1n) is 5.90. The van der Waals surface area contributed by atoms with Crippen LogP contribution in [0, 0.1) is 12.7 Å². The Labute approximate surface area is 129 Å². The van der Waals surface area contributed by atoms with E-state index in [9.17, 15) is 4.39 Å². The van der Waals surface area contributed by atoms with E-state index in [0.29, 0.717) is 4.47 Å². The van der Waals surface area contributed by atoms with Crippen LogP contribution in [0.5, 0.6) is 0 Å². The highest BCUT2D eigenvalue weighted by atomic mass is 79.9. The van der Waals surface area contributed by atoms with Crippen molar-refractivity contribution in [1.29, 1.82) is 0 Å². The number of aryl methyl sites for hydroxylation is 1. The fourth-order valence-corrected chi connectivity index (χ4v) is 3.17. The molecule has 1 N–H and O–H groups in total. The second kappa shape index (κ2) is 6.16. The van der Waals surface area contributed by atoms with Gasteiger partial charge in [-0.15, -0.1) is 0 Å². The third kappa shape index (κ3) is 3.44. The first-order valence-corrected chi connectivity index (χ1v) is 7.49. The van der Waals surface area contributed by atoms with Crippen molar-refractivity contribution < 1.29 is 4.39 Å². The quantitative estimate of drug-likeness (QED) is 0.785. The molecule has 1 nitrogen and oxygen atoms in total. The van der Waals surface area contributed by atoms with E-state index in [1.54, 1.807) is 6.07 Å². The van der Waals surface area contributed by atoms with Crippen LogP contribution >= 0.6 is 31.9 Å². The number of hydrogen-bond donors (Lipinski definition) is 1. The summed E-state index contributed by atoms with van der Waals surface area (Å²) in [5.74, 6) is -0.246. The molecule has 0 aliphatic carbocycles. The molecule has 0 fully saturated rings. The smallest absolute Gasteiger partial charge is 0.137 e. The summed E-state index contributed by atoms with van der Waals surface area (Å²) in [7, 11) is 1.90. The summed E-state index contributed by atoms with van der Waals surface area (Å²) in [6, 6.07) is 11.4. The van der Waals surface area contributed by atoms with Gasteiger partial charge in [-0.1, -0.05) is 28.1 Å². The van der Waals surface area contributed by atoms with Crippen molar-refractivity contribution in [3.05, 3.63) is 67.9 Å². The van der Waals surface area contributed by atoms with Crippen molar-refractivity contribution in [3.8, 4) is 0 Å². The molecule has 2 rings (SSSR count). The summed E-state index contributed by atoms with van der Waals surface area (Å²) in [5.41, 5.74) is 3.35. The highest BCUT2D eigenvalue weighted by Gasteiger charge is 2.14. The van der Waals surface area contributed by atoms with Crippen LogP contribution in [0.4, 0.5) is 4.39 Å². The Kier molecular flexibility index (Phi) is 4.76.